The summed E-state index contributed by atoms with van der Waals surface area (Å²) in [4.78, 5) is 17.6. The van der Waals surface area contributed by atoms with Crippen LogP contribution in [0.25, 0.3) is 0 Å². The molecule has 1 aliphatic rings. The quantitative estimate of drug-likeness (QED) is 0.477. The van der Waals surface area contributed by atoms with E-state index >= 15 is 0 Å². The molecule has 2 N–H and O–H groups in total. The van der Waals surface area contributed by atoms with Gasteiger partial charge >= 0.3 is 5.97 Å². The first-order chi connectivity index (χ1) is 10.1. The summed E-state index contributed by atoms with van der Waals surface area (Å²) in [6, 6.07) is 0. The molecule has 8 heteroatoms. The van der Waals surface area contributed by atoms with Crippen molar-refractivity contribution in [1.82, 2.24) is 19.9 Å². The van der Waals surface area contributed by atoms with E-state index in [0.29, 0.717) is 24.1 Å². The van der Waals surface area contributed by atoms with Gasteiger partial charge in [0, 0.05) is 13.1 Å². The number of guanidine groups is 1. The third-order valence-corrected chi connectivity index (χ3v) is 3.49. The first kappa shape index (κ1) is 15.3. The second-order valence-corrected chi connectivity index (χ2v) is 5.35. The lowest BCUT2D eigenvalue weighted by Gasteiger charge is -2.31. The molecular formula is C13H22N6O2. The summed E-state index contributed by atoms with van der Waals surface area (Å²) in [7, 11) is 1.34. The highest BCUT2D eigenvalue weighted by Crippen LogP contribution is 2.15. The fourth-order valence-electron chi connectivity index (χ4n) is 2.34. The predicted molar refractivity (Wildman–Crippen MR) is 77.3 cm³/mol. The van der Waals surface area contributed by atoms with E-state index < -0.39 is 0 Å². The molecule has 1 unspecified atom stereocenters. The van der Waals surface area contributed by atoms with Crippen LogP contribution >= 0.6 is 0 Å². The molecule has 1 aliphatic heterocycles. The van der Waals surface area contributed by atoms with E-state index in [1.807, 2.05) is 0 Å². The Morgan fingerprint density at radius 3 is 3.14 bits per heavy atom. The number of methoxy groups -OCH3 is 1. The summed E-state index contributed by atoms with van der Waals surface area (Å²) in [5, 5.41) is 7.81. The van der Waals surface area contributed by atoms with Crippen molar-refractivity contribution in [1.29, 1.82) is 0 Å². The summed E-state index contributed by atoms with van der Waals surface area (Å²) in [6.45, 7) is 4.53. The topological polar surface area (TPSA) is 98.6 Å². The third kappa shape index (κ3) is 4.44. The summed E-state index contributed by atoms with van der Waals surface area (Å²) >= 11 is 0. The molecule has 1 aromatic heterocycles. The molecule has 2 rings (SSSR count). The fraction of sp³-hybridized carbons (Fsp3) is 0.692. The number of ether oxygens (including phenoxy) is 1. The number of esters is 1. The zero-order chi connectivity index (χ0) is 15.2. The zero-order valence-electron chi connectivity index (χ0n) is 12.5. The van der Waals surface area contributed by atoms with Crippen molar-refractivity contribution in [2.75, 3.05) is 20.2 Å². The first-order valence-electron chi connectivity index (χ1n) is 7.09. The molecule has 21 heavy (non-hydrogen) atoms. The van der Waals surface area contributed by atoms with Crippen LogP contribution in [-0.4, -0.2) is 52.0 Å². The van der Waals surface area contributed by atoms with Crippen LogP contribution in [0, 0.1) is 5.92 Å². The number of carbonyl (C=O) groups excluding carboxylic acids is 1. The Bertz CT molecular complexity index is 513. The molecule has 116 valence electrons. The molecule has 0 saturated carbocycles. The smallest absolute Gasteiger partial charge is 0.327 e. The number of hydrogen-bond donors (Lipinski definition) is 1. The van der Waals surface area contributed by atoms with E-state index in [1.165, 1.54) is 18.2 Å². The SMILES string of the molecule is COC(=O)Cn1cc(CN=C(N)N2CCCC(C)C2)nn1. The fourth-order valence-corrected chi connectivity index (χ4v) is 2.34. The maximum atomic E-state index is 11.1. The van der Waals surface area contributed by atoms with Crippen molar-refractivity contribution in [2.24, 2.45) is 16.6 Å². The van der Waals surface area contributed by atoms with Crippen LogP contribution in [-0.2, 0) is 22.6 Å². The third-order valence-electron chi connectivity index (χ3n) is 3.49. The molecule has 0 spiro atoms. The lowest BCUT2D eigenvalue weighted by molar-refractivity contribution is -0.141. The summed E-state index contributed by atoms with van der Waals surface area (Å²) in [5.74, 6) is 0.828. The van der Waals surface area contributed by atoms with Crippen molar-refractivity contribution < 1.29 is 9.53 Å². The number of piperidine rings is 1. The van der Waals surface area contributed by atoms with E-state index in [2.05, 4.69) is 31.9 Å². The average Bonchev–Trinajstić information content (AvgIpc) is 2.92. The van der Waals surface area contributed by atoms with Crippen LogP contribution in [0.3, 0.4) is 0 Å². The molecule has 0 radical (unpaired) electrons. The number of aliphatic imine (C=N–C) groups is 1. The van der Waals surface area contributed by atoms with Gasteiger partial charge in [-0.05, 0) is 18.8 Å². The maximum Gasteiger partial charge on any atom is 0.327 e. The number of carbonyl (C=O) groups is 1. The minimum Gasteiger partial charge on any atom is -0.468 e. The number of aromatic nitrogens is 3. The van der Waals surface area contributed by atoms with Crippen molar-refractivity contribution >= 4 is 11.9 Å². The summed E-state index contributed by atoms with van der Waals surface area (Å²) in [5.41, 5.74) is 6.69. The minimum absolute atomic E-state index is 0.0480. The monoisotopic (exact) mass is 294 g/mol. The lowest BCUT2D eigenvalue weighted by atomic mass is 10.0. The van der Waals surface area contributed by atoms with Crippen LogP contribution in [0.4, 0.5) is 0 Å². The van der Waals surface area contributed by atoms with Gasteiger partial charge in [0.1, 0.15) is 12.2 Å². The highest BCUT2D eigenvalue weighted by atomic mass is 16.5. The largest absolute Gasteiger partial charge is 0.468 e. The second-order valence-electron chi connectivity index (χ2n) is 5.35. The van der Waals surface area contributed by atoms with Crippen molar-refractivity contribution in [3.8, 4) is 0 Å². The molecular weight excluding hydrogens is 272 g/mol. The Morgan fingerprint density at radius 2 is 2.43 bits per heavy atom. The Labute approximate surface area is 124 Å². The average molecular weight is 294 g/mol. The number of nitrogens with two attached hydrogens (primary N) is 1. The molecule has 0 aromatic carbocycles. The molecule has 0 amide bonds. The molecule has 1 saturated heterocycles. The van der Waals surface area contributed by atoms with E-state index in [-0.39, 0.29) is 12.5 Å². The Hall–Kier alpha value is -2.12. The van der Waals surface area contributed by atoms with E-state index in [4.69, 9.17) is 5.73 Å². The Morgan fingerprint density at radius 1 is 1.62 bits per heavy atom. The first-order valence-corrected chi connectivity index (χ1v) is 7.09. The van der Waals surface area contributed by atoms with Gasteiger partial charge < -0.3 is 15.4 Å². The van der Waals surface area contributed by atoms with Crippen LogP contribution in [0.1, 0.15) is 25.5 Å². The van der Waals surface area contributed by atoms with Gasteiger partial charge in [0.05, 0.1) is 19.9 Å². The van der Waals surface area contributed by atoms with Crippen LogP contribution in [0.5, 0.6) is 0 Å². The van der Waals surface area contributed by atoms with Gasteiger partial charge in [-0.3, -0.25) is 4.79 Å². The van der Waals surface area contributed by atoms with Gasteiger partial charge in [0.2, 0.25) is 0 Å². The number of hydrogen-bond acceptors (Lipinski definition) is 5. The van der Waals surface area contributed by atoms with Crippen molar-refractivity contribution in [3.05, 3.63) is 11.9 Å². The van der Waals surface area contributed by atoms with Crippen LogP contribution in [0.2, 0.25) is 0 Å². The number of nitrogens with zero attached hydrogens (tertiary/aromatic N) is 5. The Kier molecular flexibility index (Phi) is 5.13. The highest BCUT2D eigenvalue weighted by Gasteiger charge is 2.17. The van der Waals surface area contributed by atoms with E-state index in [0.717, 1.165) is 19.5 Å². The van der Waals surface area contributed by atoms with E-state index in [1.54, 1.807) is 6.20 Å². The van der Waals surface area contributed by atoms with Gasteiger partial charge in [-0.15, -0.1) is 5.10 Å². The molecule has 1 aromatic rings. The second kappa shape index (κ2) is 7.05. The highest BCUT2D eigenvalue weighted by molar-refractivity contribution is 5.78. The van der Waals surface area contributed by atoms with Crippen LogP contribution in [0.15, 0.2) is 11.2 Å². The summed E-state index contributed by atoms with van der Waals surface area (Å²) < 4.78 is 6.00. The van der Waals surface area contributed by atoms with Crippen LogP contribution < -0.4 is 5.73 Å². The van der Waals surface area contributed by atoms with Gasteiger partial charge in [0.25, 0.3) is 0 Å². The molecule has 1 fully saturated rings. The standard InChI is InChI=1S/C13H22N6O2/c1-10-4-3-5-18(7-10)13(14)15-6-11-8-19(17-16-11)9-12(20)21-2/h8,10H,3-7,9H2,1-2H3,(H2,14,15). The molecule has 2 heterocycles. The van der Waals surface area contributed by atoms with E-state index in [9.17, 15) is 4.79 Å². The van der Waals surface area contributed by atoms with Gasteiger partial charge in [-0.25, -0.2) is 9.67 Å². The van der Waals surface area contributed by atoms with Gasteiger partial charge in [-0.2, -0.15) is 0 Å². The molecule has 8 nitrogen and oxygen atoms in total. The Balaban J connectivity index is 1.89. The van der Waals surface area contributed by atoms with Crippen molar-refractivity contribution in [2.45, 2.75) is 32.9 Å². The normalized spacial score (nSPS) is 19.6. The van der Waals surface area contributed by atoms with Gasteiger partial charge in [0.15, 0.2) is 5.96 Å². The molecule has 1 atom stereocenters. The maximum absolute atomic E-state index is 11.1. The summed E-state index contributed by atoms with van der Waals surface area (Å²) in [6.07, 6.45) is 4.06. The number of likely N-dealkylation sites (tertiary alicyclic amines) is 1. The van der Waals surface area contributed by atoms with Gasteiger partial charge in [-0.1, -0.05) is 12.1 Å². The molecule has 0 bridgehead atoms. The predicted octanol–water partition coefficient (Wildman–Crippen LogP) is -0.00230. The molecule has 0 aliphatic carbocycles. The van der Waals surface area contributed by atoms with Crippen molar-refractivity contribution in [3.63, 3.8) is 0 Å². The lowest BCUT2D eigenvalue weighted by Crippen LogP contribution is -2.43. The minimum atomic E-state index is -0.364. The number of rotatable bonds is 4. The zero-order valence-corrected chi connectivity index (χ0v) is 12.5.